The Morgan fingerprint density at radius 3 is 1.44 bits per heavy atom. The van der Waals surface area contributed by atoms with Gasteiger partial charge in [-0.1, -0.05) is 0 Å². The maximum atomic E-state index is 5.64. The van der Waals surface area contributed by atoms with Gasteiger partial charge >= 0.3 is 74.9 Å². The van der Waals surface area contributed by atoms with E-state index < -0.39 is 8.32 Å². The first kappa shape index (κ1) is 10.1. The number of hydrogen-bond acceptors (Lipinski definition) is 1. The van der Waals surface area contributed by atoms with Crippen LogP contribution in [0.3, 0.4) is 0 Å². The van der Waals surface area contributed by atoms with Crippen LogP contribution in [0.4, 0.5) is 0 Å². The van der Waals surface area contributed by atoms with E-state index in [1.54, 1.807) is 0 Å². The first-order chi connectivity index (χ1) is 4.24. The Bertz CT molecular complexity index is 55.9. The predicted octanol–water partition coefficient (Wildman–Crippen LogP) is 2.09. The molecule has 0 N–H and O–H groups in total. The summed E-state index contributed by atoms with van der Waals surface area (Å²) in [5.41, 5.74) is 0. The molecule has 0 saturated carbocycles. The van der Waals surface area contributed by atoms with Crippen LogP contribution in [0.5, 0.6) is 0 Å². The van der Waals surface area contributed by atoms with Crippen LogP contribution in [0.15, 0.2) is 0 Å². The first-order valence-corrected chi connectivity index (χ1v) is 7.52. The molecule has 0 aliphatic heterocycles. The molecule has 0 aromatic rings. The molecule has 0 fully saturated rings. The van der Waals surface area contributed by atoms with Gasteiger partial charge in [0.05, 0.1) is 0 Å². The molecule has 0 aromatic heterocycles. The third-order valence-corrected chi connectivity index (χ3v) is 10.9. The van der Waals surface area contributed by atoms with Crippen molar-refractivity contribution in [2.75, 3.05) is 0 Å². The zero-order chi connectivity index (χ0) is 7.33. The Labute approximate surface area is 74.8 Å². The number of hydrogen-bond donors (Lipinski definition) is 0. The van der Waals surface area contributed by atoms with Gasteiger partial charge in [-0.25, -0.2) is 0 Å². The average Bonchev–Trinajstić information content (AvgIpc) is 1.95. The monoisotopic (exact) mass is 340 g/mol. The van der Waals surface area contributed by atoms with Crippen LogP contribution in [-0.4, -0.2) is 33.5 Å². The fourth-order valence-corrected chi connectivity index (χ4v) is 7.35. The topological polar surface area (TPSA) is 9.23 Å². The second-order valence-electron chi connectivity index (χ2n) is 2.33. The molecule has 0 atom stereocenters. The summed E-state index contributed by atoms with van der Waals surface area (Å²) in [5.74, 6) is 0. The number of rotatable bonds is 4. The van der Waals surface area contributed by atoms with Crippen molar-refractivity contribution >= 4 is 33.5 Å². The van der Waals surface area contributed by atoms with E-state index in [1.165, 1.54) is 18.1 Å². The molecule has 0 bridgehead atoms. The molecule has 0 aromatic carbocycles. The summed E-state index contributed by atoms with van der Waals surface area (Å²) in [6.07, 6.45) is 0. The Balaban J connectivity index is 3.82. The summed E-state index contributed by atoms with van der Waals surface area (Å²) in [4.78, 5) is 0. The fraction of sp³-hybridized carbons (Fsp3) is 1.00. The van der Waals surface area contributed by atoms with Crippen molar-refractivity contribution in [2.24, 2.45) is 0 Å². The molecule has 0 rings (SSSR count). The van der Waals surface area contributed by atoms with Gasteiger partial charge in [0.25, 0.3) is 0 Å². The molecule has 2 radical (unpaired) electrons. The van der Waals surface area contributed by atoms with Gasteiger partial charge in [-0.05, 0) is 0 Å². The molecule has 0 saturated heterocycles. The van der Waals surface area contributed by atoms with Crippen LogP contribution in [0.2, 0.25) is 18.1 Å². The van der Waals surface area contributed by atoms with E-state index in [0.717, 1.165) is 25.2 Å². The first-order valence-electron chi connectivity index (χ1n) is 3.57. The molecule has 0 spiro atoms. The molecule has 0 heterocycles. The van der Waals surface area contributed by atoms with Crippen LogP contribution in [0.1, 0.15) is 20.8 Å². The van der Waals surface area contributed by atoms with Gasteiger partial charge in [-0.2, -0.15) is 0 Å². The van der Waals surface area contributed by atoms with Gasteiger partial charge in [0.15, 0.2) is 0 Å². The quantitative estimate of drug-likeness (QED) is 0.712. The third-order valence-electron chi connectivity index (χ3n) is 2.13. The van der Waals surface area contributed by atoms with Crippen LogP contribution >= 0.6 is 0 Å². The molecular weight excluding hydrogens is 325 g/mol. The zero-order valence-electron chi connectivity index (χ0n) is 6.48. The van der Waals surface area contributed by atoms with Crippen molar-refractivity contribution in [3.8, 4) is 0 Å². The van der Waals surface area contributed by atoms with Gasteiger partial charge in [0.2, 0.25) is 0 Å². The van der Waals surface area contributed by atoms with Crippen LogP contribution in [0.25, 0.3) is 0 Å². The Kier molecular flexibility index (Phi) is 5.38. The molecule has 0 unspecified atom stereocenters. The van der Waals surface area contributed by atoms with E-state index in [9.17, 15) is 0 Å². The minimum atomic E-state index is -1.14. The van der Waals surface area contributed by atoms with Gasteiger partial charge in [0, 0.05) is 0 Å². The van der Waals surface area contributed by atoms with Crippen LogP contribution < -0.4 is 0 Å². The van der Waals surface area contributed by atoms with Crippen molar-refractivity contribution in [2.45, 2.75) is 38.9 Å². The molecule has 52 valence electrons. The molecule has 3 heteroatoms. The summed E-state index contributed by atoms with van der Waals surface area (Å²) < 4.78 is 5.64. The van der Waals surface area contributed by atoms with E-state index in [0.29, 0.717) is 0 Å². The standard InChI is InChI=1S/C6H15OSi.Bi/c1-4-8(7,5-2)6-3;/h4-6H2,1-3H3;/q-1;+3. The molecule has 0 amide bonds. The van der Waals surface area contributed by atoms with Gasteiger partial charge < -0.3 is 0 Å². The van der Waals surface area contributed by atoms with E-state index in [4.69, 9.17) is 2.50 Å². The van der Waals surface area contributed by atoms with Crippen molar-refractivity contribution in [3.63, 3.8) is 0 Å². The van der Waals surface area contributed by atoms with E-state index in [2.05, 4.69) is 20.8 Å². The summed E-state index contributed by atoms with van der Waals surface area (Å²) in [6, 6.07) is 3.86. The minimum absolute atomic E-state index is 1.12. The SMILES string of the molecule is CC[Si](CC)(CC)[O][Bi+2]. The van der Waals surface area contributed by atoms with Crippen molar-refractivity contribution in [1.82, 2.24) is 0 Å². The van der Waals surface area contributed by atoms with E-state index in [-0.39, 0.29) is 0 Å². The summed E-state index contributed by atoms with van der Waals surface area (Å²) in [6.45, 7) is 6.77. The van der Waals surface area contributed by atoms with Crippen LogP contribution in [-0.2, 0) is 2.50 Å². The summed E-state index contributed by atoms with van der Waals surface area (Å²) in [7, 11) is -1.14. The van der Waals surface area contributed by atoms with Crippen molar-refractivity contribution in [3.05, 3.63) is 0 Å². The average molecular weight is 340 g/mol. The van der Waals surface area contributed by atoms with E-state index >= 15 is 0 Å². The molecule has 9 heavy (non-hydrogen) atoms. The second-order valence-corrected chi connectivity index (χ2v) is 9.13. The van der Waals surface area contributed by atoms with Gasteiger partial charge in [-0.3, -0.25) is 0 Å². The summed E-state index contributed by atoms with van der Waals surface area (Å²) >= 11 is 1.12. The second kappa shape index (κ2) is 4.81. The molecule has 1 nitrogen and oxygen atoms in total. The molecule has 0 aliphatic rings. The fourth-order valence-electron chi connectivity index (χ4n) is 0.944. The van der Waals surface area contributed by atoms with E-state index in [1.807, 2.05) is 0 Å². The summed E-state index contributed by atoms with van der Waals surface area (Å²) in [5, 5.41) is 0. The van der Waals surface area contributed by atoms with Gasteiger partial charge in [-0.15, -0.1) is 0 Å². The third kappa shape index (κ3) is 2.65. The Hall–Kier alpha value is 1.06. The molecular formula is C6H15BiOSi+2. The van der Waals surface area contributed by atoms with Crippen molar-refractivity contribution in [1.29, 1.82) is 0 Å². The van der Waals surface area contributed by atoms with Gasteiger partial charge in [0.1, 0.15) is 0 Å². The molecule has 0 aliphatic carbocycles. The normalized spacial score (nSPS) is 11.9. The van der Waals surface area contributed by atoms with Crippen molar-refractivity contribution < 1.29 is 2.50 Å². The predicted molar refractivity (Wildman–Crippen MR) is 44.0 cm³/mol. The van der Waals surface area contributed by atoms with Crippen LogP contribution in [0, 0.1) is 0 Å². The maximum absolute atomic E-state index is 5.64. The Morgan fingerprint density at radius 1 is 1.11 bits per heavy atom. The Morgan fingerprint density at radius 2 is 1.44 bits per heavy atom. The zero-order valence-corrected chi connectivity index (χ0v) is 11.0.